The van der Waals surface area contributed by atoms with Crippen LogP contribution in [-0.4, -0.2) is 33.9 Å². The molecule has 0 spiro atoms. The van der Waals surface area contributed by atoms with E-state index in [1.54, 1.807) is 21.8 Å². The van der Waals surface area contributed by atoms with Gasteiger partial charge in [-0.25, -0.2) is 14.0 Å². The molecule has 0 aliphatic carbocycles. The summed E-state index contributed by atoms with van der Waals surface area (Å²) in [6, 6.07) is 28.2. The fraction of sp³-hybridized carbons (Fsp3) is 0.0667. The molecule has 7 rings (SSSR count). The molecule has 0 amide bonds. The van der Waals surface area contributed by atoms with Crippen molar-refractivity contribution in [2.45, 2.75) is 13.1 Å². The lowest BCUT2D eigenvalue weighted by atomic mass is 10.1. The third kappa shape index (κ3) is 3.88. The highest BCUT2D eigenvalue weighted by molar-refractivity contribution is 5.93. The first kappa shape index (κ1) is 22.0. The van der Waals surface area contributed by atoms with Crippen molar-refractivity contribution in [2.75, 3.05) is 0 Å². The smallest absolute Gasteiger partial charge is 0.278 e. The van der Waals surface area contributed by atoms with E-state index in [1.165, 1.54) is 0 Å². The standard InChI is InChI=1S/C30H23N7O/c38-30-27-21-34(19-22-7-11-24(12-8-22)35-17-3-15-31-35)28-6-2-1-5-26(28)29(27)33-37(30)20-23-9-13-25(14-10-23)36-18-4-16-32-36/h1-18,21H,19-20H2. The van der Waals surface area contributed by atoms with Gasteiger partial charge < -0.3 is 4.57 Å². The van der Waals surface area contributed by atoms with Crippen LogP contribution < -0.4 is 5.56 Å². The number of aromatic nitrogens is 7. The average Bonchev–Trinajstić information content (AvgIpc) is 3.74. The summed E-state index contributed by atoms with van der Waals surface area (Å²) < 4.78 is 7.33. The van der Waals surface area contributed by atoms with Crippen molar-refractivity contribution in [1.82, 2.24) is 33.9 Å². The molecule has 5 aromatic rings. The van der Waals surface area contributed by atoms with Crippen molar-refractivity contribution < 1.29 is 0 Å². The molecule has 0 saturated heterocycles. The molecule has 8 heteroatoms. The number of pyridine rings is 1. The second-order valence-electron chi connectivity index (χ2n) is 9.23. The highest BCUT2D eigenvalue weighted by Crippen LogP contribution is 2.28. The molecular weight excluding hydrogens is 474 g/mol. The minimum absolute atomic E-state index is 0.0929. The van der Waals surface area contributed by atoms with Gasteiger partial charge in [-0.2, -0.15) is 15.3 Å². The maximum absolute atomic E-state index is 13.5. The van der Waals surface area contributed by atoms with Crippen LogP contribution in [0, 0.1) is 0 Å². The van der Waals surface area contributed by atoms with E-state index in [9.17, 15) is 4.79 Å². The van der Waals surface area contributed by atoms with Crippen LogP contribution in [0.5, 0.6) is 0 Å². The molecule has 2 aromatic heterocycles. The first-order valence-corrected chi connectivity index (χ1v) is 12.4. The fourth-order valence-electron chi connectivity index (χ4n) is 4.88. The van der Waals surface area contributed by atoms with E-state index in [2.05, 4.69) is 45.1 Å². The maximum atomic E-state index is 13.5. The second-order valence-corrected chi connectivity index (χ2v) is 9.23. The first-order valence-electron chi connectivity index (χ1n) is 12.4. The lowest BCUT2D eigenvalue weighted by Crippen LogP contribution is -2.18. The fourth-order valence-corrected chi connectivity index (χ4v) is 4.88. The van der Waals surface area contributed by atoms with Crippen molar-refractivity contribution in [3.63, 3.8) is 0 Å². The highest BCUT2D eigenvalue weighted by Gasteiger charge is 2.20. The Kier molecular flexibility index (Phi) is 5.21. The van der Waals surface area contributed by atoms with Crippen LogP contribution in [-0.2, 0) is 13.1 Å². The summed E-state index contributed by atoms with van der Waals surface area (Å²) in [5.41, 5.74) is 6.39. The molecule has 184 valence electrons. The lowest BCUT2D eigenvalue weighted by Gasteiger charge is -2.14. The van der Waals surface area contributed by atoms with Crippen LogP contribution in [0.15, 0.2) is 121 Å². The van der Waals surface area contributed by atoms with Gasteiger partial charge in [0.2, 0.25) is 0 Å². The largest absolute Gasteiger partial charge is 0.342 e. The van der Waals surface area contributed by atoms with Gasteiger partial charge in [-0.15, -0.1) is 0 Å². The van der Waals surface area contributed by atoms with Gasteiger partial charge in [-0.3, -0.25) is 4.79 Å². The van der Waals surface area contributed by atoms with Crippen LogP contribution in [0.2, 0.25) is 0 Å². The third-order valence-corrected chi connectivity index (χ3v) is 6.79. The topological polar surface area (TPSA) is 75.5 Å². The monoisotopic (exact) mass is 497 g/mol. The van der Waals surface area contributed by atoms with Crippen LogP contribution >= 0.6 is 0 Å². The van der Waals surface area contributed by atoms with E-state index in [1.807, 2.05) is 77.9 Å². The zero-order chi connectivity index (χ0) is 25.5. The highest BCUT2D eigenvalue weighted by atomic mass is 16.1. The van der Waals surface area contributed by atoms with Gasteiger partial charge in [0.25, 0.3) is 5.56 Å². The molecule has 3 aromatic carbocycles. The quantitative estimate of drug-likeness (QED) is 0.332. The molecule has 0 N–H and O–H groups in total. The number of hydrogen-bond donors (Lipinski definition) is 0. The molecule has 38 heavy (non-hydrogen) atoms. The zero-order valence-corrected chi connectivity index (χ0v) is 20.4. The number of rotatable bonds is 6. The summed E-state index contributed by atoms with van der Waals surface area (Å²) in [7, 11) is 0. The minimum Gasteiger partial charge on any atom is -0.342 e. The molecule has 4 heterocycles. The Balaban J connectivity index is 1.23. The van der Waals surface area contributed by atoms with Crippen molar-refractivity contribution in [3.05, 3.63) is 137 Å². The third-order valence-electron chi connectivity index (χ3n) is 6.79. The zero-order valence-electron chi connectivity index (χ0n) is 20.4. The second kappa shape index (κ2) is 9.01. The van der Waals surface area contributed by atoms with Gasteiger partial charge >= 0.3 is 0 Å². The number of benzene rings is 3. The average molecular weight is 498 g/mol. The van der Waals surface area contributed by atoms with Crippen LogP contribution in [0.1, 0.15) is 11.1 Å². The van der Waals surface area contributed by atoms with Gasteiger partial charge in [0.05, 0.1) is 29.0 Å². The number of para-hydroxylation sites is 1. The number of fused-ring (bicyclic) bond motifs is 3. The predicted octanol–water partition coefficient (Wildman–Crippen LogP) is 4.77. The van der Waals surface area contributed by atoms with Gasteiger partial charge in [0.15, 0.2) is 0 Å². The predicted molar refractivity (Wildman–Crippen MR) is 146 cm³/mol. The summed E-state index contributed by atoms with van der Waals surface area (Å²) in [4.78, 5) is 13.5. The molecule has 2 aliphatic rings. The van der Waals surface area contributed by atoms with Crippen LogP contribution in [0.3, 0.4) is 0 Å². The van der Waals surface area contributed by atoms with E-state index in [4.69, 9.17) is 5.10 Å². The number of hydrogen-bond acceptors (Lipinski definition) is 4. The van der Waals surface area contributed by atoms with Gasteiger partial charge in [-0.05, 0) is 53.6 Å². The van der Waals surface area contributed by atoms with Crippen molar-refractivity contribution in [3.8, 4) is 22.6 Å². The number of nitrogens with zero attached hydrogens (tertiary/aromatic N) is 7. The Morgan fingerprint density at radius 2 is 1.26 bits per heavy atom. The van der Waals surface area contributed by atoms with E-state index in [0.717, 1.165) is 39.1 Å². The minimum atomic E-state index is -0.0929. The van der Waals surface area contributed by atoms with Gasteiger partial charge in [0, 0.05) is 42.9 Å². The van der Waals surface area contributed by atoms with Crippen molar-refractivity contribution in [1.29, 1.82) is 0 Å². The molecule has 0 saturated carbocycles. The Morgan fingerprint density at radius 3 is 1.87 bits per heavy atom. The van der Waals surface area contributed by atoms with Gasteiger partial charge in [-0.1, -0.05) is 42.5 Å². The Morgan fingerprint density at radius 1 is 0.658 bits per heavy atom. The normalized spacial score (nSPS) is 11.5. The Labute approximate surface area is 218 Å². The van der Waals surface area contributed by atoms with E-state index in [0.29, 0.717) is 18.7 Å². The molecule has 0 radical (unpaired) electrons. The molecule has 0 atom stereocenters. The summed E-state index contributed by atoms with van der Waals surface area (Å²) in [5, 5.41) is 14.3. The van der Waals surface area contributed by atoms with Crippen molar-refractivity contribution in [2.24, 2.45) is 0 Å². The van der Waals surface area contributed by atoms with E-state index >= 15 is 0 Å². The molecule has 0 bridgehead atoms. The maximum Gasteiger partial charge on any atom is 0.278 e. The Bertz CT molecular complexity index is 1860. The summed E-state index contributed by atoms with van der Waals surface area (Å²) in [5.74, 6) is 0. The SMILES string of the molecule is O=c1c2cn(Cc3ccc(-n4cccn4)cc3)c3ccccc3c-2nn1Cc1ccc(-n2cccn2)cc1. The van der Waals surface area contributed by atoms with E-state index in [-0.39, 0.29) is 5.56 Å². The van der Waals surface area contributed by atoms with Crippen molar-refractivity contribution >= 4 is 10.9 Å². The molecule has 8 nitrogen and oxygen atoms in total. The molecule has 0 unspecified atom stereocenters. The van der Waals surface area contributed by atoms with Gasteiger partial charge in [0.1, 0.15) is 5.69 Å². The molecule has 0 fully saturated rings. The summed E-state index contributed by atoms with van der Waals surface area (Å²) in [6.07, 6.45) is 9.28. The molecular formula is C30H23N7O. The van der Waals surface area contributed by atoms with Crippen LogP contribution in [0.4, 0.5) is 0 Å². The Hall–Kier alpha value is -5.24. The van der Waals surface area contributed by atoms with E-state index < -0.39 is 0 Å². The van der Waals surface area contributed by atoms with Crippen LogP contribution in [0.25, 0.3) is 33.5 Å². The molecule has 2 aliphatic heterocycles. The first-order chi connectivity index (χ1) is 18.7. The lowest BCUT2D eigenvalue weighted by molar-refractivity contribution is 0.669. The summed E-state index contributed by atoms with van der Waals surface area (Å²) in [6.45, 7) is 1.03. The summed E-state index contributed by atoms with van der Waals surface area (Å²) >= 11 is 0.